The number of nitrogens with zero attached hydrogens (tertiary/aromatic N) is 3. The van der Waals surface area contributed by atoms with Gasteiger partial charge in [-0.15, -0.1) is 0 Å². The molecule has 2 aromatic heterocycles. The van der Waals surface area contributed by atoms with Crippen molar-refractivity contribution in [1.82, 2.24) is 15.0 Å². The summed E-state index contributed by atoms with van der Waals surface area (Å²) >= 11 is 6.07. The molecule has 0 radical (unpaired) electrons. The molecule has 0 atom stereocenters. The van der Waals surface area contributed by atoms with Crippen LogP contribution in [0, 0.1) is 0 Å². The van der Waals surface area contributed by atoms with Gasteiger partial charge in [0.05, 0.1) is 16.9 Å². The minimum Gasteiger partial charge on any atom is -0.457 e. The first-order valence-corrected chi connectivity index (χ1v) is 10.1. The number of rotatable bonds is 4. The molecule has 0 aliphatic carbocycles. The molecule has 3 aromatic carbocycles. The van der Waals surface area contributed by atoms with Crippen LogP contribution in [-0.4, -0.2) is 15.0 Å². The monoisotopic (exact) mass is 424 g/mol. The van der Waals surface area contributed by atoms with Gasteiger partial charge in [0.15, 0.2) is 0 Å². The van der Waals surface area contributed by atoms with E-state index in [1.165, 1.54) is 0 Å². The average molecular weight is 425 g/mol. The van der Waals surface area contributed by atoms with Gasteiger partial charge in [-0.2, -0.15) is 0 Å². The standard InChI is InChI=1S/C25H17ClN4O/c26-18-8-11-20-23(14-18)28-13-12-24(20)31-19-9-6-17(7-10-19)22-15-21(29-25(27)30-22)16-4-2-1-3-5-16/h1-15H,(H2,27,29,30). The van der Waals surface area contributed by atoms with Crippen LogP contribution in [0.15, 0.2) is 91.1 Å². The Kier molecular flexibility index (Phi) is 4.94. The van der Waals surface area contributed by atoms with Crippen molar-refractivity contribution in [2.24, 2.45) is 0 Å². The second-order valence-corrected chi connectivity index (χ2v) is 7.40. The highest BCUT2D eigenvalue weighted by atomic mass is 35.5. The summed E-state index contributed by atoms with van der Waals surface area (Å²) in [6.07, 6.45) is 1.71. The van der Waals surface area contributed by atoms with Crippen LogP contribution in [0.1, 0.15) is 0 Å². The minimum absolute atomic E-state index is 0.235. The first kappa shape index (κ1) is 19.0. The zero-order valence-electron chi connectivity index (χ0n) is 16.4. The van der Waals surface area contributed by atoms with E-state index in [-0.39, 0.29) is 5.95 Å². The van der Waals surface area contributed by atoms with Crippen LogP contribution in [0.2, 0.25) is 5.02 Å². The molecule has 0 fully saturated rings. The highest BCUT2D eigenvalue weighted by molar-refractivity contribution is 6.31. The zero-order chi connectivity index (χ0) is 21.2. The SMILES string of the molecule is Nc1nc(-c2ccccc2)cc(-c2ccc(Oc3ccnc4cc(Cl)ccc34)cc2)n1. The van der Waals surface area contributed by atoms with Crippen molar-refractivity contribution in [1.29, 1.82) is 0 Å². The predicted molar refractivity (Wildman–Crippen MR) is 124 cm³/mol. The van der Waals surface area contributed by atoms with Crippen molar-refractivity contribution in [3.63, 3.8) is 0 Å². The number of nitrogens with two attached hydrogens (primary N) is 1. The van der Waals surface area contributed by atoms with Gasteiger partial charge in [-0.1, -0.05) is 41.9 Å². The summed E-state index contributed by atoms with van der Waals surface area (Å²) in [5.74, 6) is 1.65. The van der Waals surface area contributed by atoms with Gasteiger partial charge < -0.3 is 10.5 Å². The molecule has 0 saturated heterocycles. The van der Waals surface area contributed by atoms with Gasteiger partial charge in [-0.25, -0.2) is 9.97 Å². The molecule has 0 spiro atoms. The Labute approximate surface area is 184 Å². The van der Waals surface area contributed by atoms with E-state index in [0.717, 1.165) is 33.4 Å². The van der Waals surface area contributed by atoms with E-state index < -0.39 is 0 Å². The fourth-order valence-corrected chi connectivity index (χ4v) is 3.54. The van der Waals surface area contributed by atoms with Gasteiger partial charge in [0.2, 0.25) is 5.95 Å². The summed E-state index contributed by atoms with van der Waals surface area (Å²) in [5.41, 5.74) is 10.2. The highest BCUT2D eigenvalue weighted by Crippen LogP contribution is 2.32. The maximum absolute atomic E-state index is 6.10. The molecule has 5 rings (SSSR count). The molecular formula is C25H17ClN4O. The summed E-state index contributed by atoms with van der Waals surface area (Å²) in [5, 5.41) is 1.53. The summed E-state index contributed by atoms with van der Waals surface area (Å²) in [7, 11) is 0. The molecular weight excluding hydrogens is 408 g/mol. The molecule has 31 heavy (non-hydrogen) atoms. The Hall–Kier alpha value is -3.96. The van der Waals surface area contributed by atoms with Crippen LogP contribution < -0.4 is 10.5 Å². The van der Waals surface area contributed by atoms with Crippen LogP contribution in [0.4, 0.5) is 5.95 Å². The Bertz CT molecular complexity index is 1370. The van der Waals surface area contributed by atoms with E-state index in [1.807, 2.05) is 84.9 Å². The van der Waals surface area contributed by atoms with Crippen LogP contribution >= 0.6 is 11.6 Å². The van der Waals surface area contributed by atoms with E-state index >= 15 is 0 Å². The number of ether oxygens (including phenoxy) is 1. The van der Waals surface area contributed by atoms with Crippen molar-refractivity contribution < 1.29 is 4.74 Å². The van der Waals surface area contributed by atoms with Crippen molar-refractivity contribution in [2.45, 2.75) is 0 Å². The average Bonchev–Trinajstić information content (AvgIpc) is 2.80. The molecule has 2 heterocycles. The maximum Gasteiger partial charge on any atom is 0.221 e. The van der Waals surface area contributed by atoms with Gasteiger partial charge in [0.1, 0.15) is 11.5 Å². The number of anilines is 1. The topological polar surface area (TPSA) is 73.9 Å². The molecule has 0 amide bonds. The molecule has 6 heteroatoms. The summed E-state index contributed by atoms with van der Waals surface area (Å²) < 4.78 is 6.10. The molecule has 5 aromatic rings. The number of hydrogen-bond donors (Lipinski definition) is 1. The number of benzene rings is 3. The molecule has 0 bridgehead atoms. The summed E-state index contributed by atoms with van der Waals surface area (Å²) in [6.45, 7) is 0. The molecule has 2 N–H and O–H groups in total. The van der Waals surface area contributed by atoms with Gasteiger partial charge in [-0.3, -0.25) is 4.98 Å². The normalized spacial score (nSPS) is 10.9. The third kappa shape index (κ3) is 4.04. The van der Waals surface area contributed by atoms with Crippen LogP contribution in [0.25, 0.3) is 33.4 Å². The predicted octanol–water partition coefficient (Wildman–Crippen LogP) is 6.39. The van der Waals surface area contributed by atoms with Crippen molar-refractivity contribution >= 4 is 28.5 Å². The van der Waals surface area contributed by atoms with Crippen LogP contribution in [0.5, 0.6) is 11.5 Å². The van der Waals surface area contributed by atoms with Crippen molar-refractivity contribution in [2.75, 3.05) is 5.73 Å². The van der Waals surface area contributed by atoms with Crippen LogP contribution in [0.3, 0.4) is 0 Å². The molecule has 0 aliphatic rings. The first-order chi connectivity index (χ1) is 15.2. The van der Waals surface area contributed by atoms with Gasteiger partial charge in [0, 0.05) is 27.7 Å². The lowest BCUT2D eigenvalue weighted by molar-refractivity contribution is 0.488. The summed E-state index contributed by atoms with van der Waals surface area (Å²) in [4.78, 5) is 13.1. The maximum atomic E-state index is 6.10. The number of halogens is 1. The van der Waals surface area contributed by atoms with Crippen LogP contribution in [-0.2, 0) is 0 Å². The third-order valence-corrected chi connectivity index (χ3v) is 5.09. The van der Waals surface area contributed by atoms with E-state index in [1.54, 1.807) is 6.20 Å². The van der Waals surface area contributed by atoms with Gasteiger partial charge >= 0.3 is 0 Å². The Morgan fingerprint density at radius 2 is 1.45 bits per heavy atom. The second-order valence-electron chi connectivity index (χ2n) is 6.96. The lowest BCUT2D eigenvalue weighted by Crippen LogP contribution is -1.98. The second kappa shape index (κ2) is 8.05. The smallest absolute Gasteiger partial charge is 0.221 e. The molecule has 150 valence electrons. The van der Waals surface area contributed by atoms with E-state index in [0.29, 0.717) is 16.5 Å². The molecule has 0 aliphatic heterocycles. The van der Waals surface area contributed by atoms with Gasteiger partial charge in [-0.05, 0) is 54.6 Å². The van der Waals surface area contributed by atoms with Gasteiger partial charge in [0.25, 0.3) is 0 Å². The number of hydrogen-bond acceptors (Lipinski definition) is 5. The summed E-state index contributed by atoms with van der Waals surface area (Å²) in [6, 6.07) is 26.9. The number of fused-ring (bicyclic) bond motifs is 1. The lowest BCUT2D eigenvalue weighted by atomic mass is 10.1. The molecule has 5 nitrogen and oxygen atoms in total. The fourth-order valence-electron chi connectivity index (χ4n) is 3.38. The largest absolute Gasteiger partial charge is 0.457 e. The quantitative estimate of drug-likeness (QED) is 0.362. The molecule has 0 unspecified atom stereocenters. The third-order valence-electron chi connectivity index (χ3n) is 4.86. The lowest BCUT2D eigenvalue weighted by Gasteiger charge is -2.10. The number of aromatic nitrogens is 3. The van der Waals surface area contributed by atoms with Crippen molar-refractivity contribution in [3.8, 4) is 34.0 Å². The first-order valence-electron chi connectivity index (χ1n) is 9.68. The Morgan fingerprint density at radius 1 is 0.742 bits per heavy atom. The highest BCUT2D eigenvalue weighted by Gasteiger charge is 2.09. The number of nitrogen functional groups attached to an aromatic ring is 1. The van der Waals surface area contributed by atoms with Crippen molar-refractivity contribution in [3.05, 3.63) is 96.1 Å². The molecule has 0 saturated carbocycles. The Balaban J connectivity index is 1.44. The van der Waals surface area contributed by atoms with E-state index in [2.05, 4.69) is 15.0 Å². The fraction of sp³-hybridized carbons (Fsp3) is 0. The Morgan fingerprint density at radius 3 is 2.19 bits per heavy atom. The zero-order valence-corrected chi connectivity index (χ0v) is 17.1. The number of pyridine rings is 1. The van der Waals surface area contributed by atoms with E-state index in [9.17, 15) is 0 Å². The minimum atomic E-state index is 0.235. The van der Waals surface area contributed by atoms with E-state index in [4.69, 9.17) is 22.1 Å².